The molecule has 1 heterocycles. The molecule has 0 aromatic heterocycles. The SMILES string of the molecule is O=C1SCC1C[CH]Cl. The van der Waals surface area contributed by atoms with Crippen molar-refractivity contribution in [3.8, 4) is 0 Å². The van der Waals surface area contributed by atoms with Crippen LogP contribution in [0.15, 0.2) is 0 Å². The Balaban J connectivity index is 2.17. The molecule has 0 bridgehead atoms. The molecule has 1 aliphatic rings. The van der Waals surface area contributed by atoms with E-state index in [1.54, 1.807) is 0 Å². The van der Waals surface area contributed by atoms with Gasteiger partial charge < -0.3 is 0 Å². The van der Waals surface area contributed by atoms with Gasteiger partial charge in [0.15, 0.2) is 5.12 Å². The van der Waals surface area contributed by atoms with Gasteiger partial charge in [0.05, 0.1) is 5.88 Å². The monoisotopic (exact) mass is 149 g/mol. The molecule has 8 heavy (non-hydrogen) atoms. The molecule has 0 aromatic carbocycles. The van der Waals surface area contributed by atoms with E-state index < -0.39 is 0 Å². The van der Waals surface area contributed by atoms with Crippen LogP contribution in [0.1, 0.15) is 6.42 Å². The third-order valence-electron chi connectivity index (χ3n) is 1.13. The Bertz CT molecular complexity index is 105. The van der Waals surface area contributed by atoms with Gasteiger partial charge in [0, 0.05) is 11.7 Å². The molecule has 1 rings (SSSR count). The van der Waals surface area contributed by atoms with Gasteiger partial charge >= 0.3 is 0 Å². The lowest BCUT2D eigenvalue weighted by Gasteiger charge is -2.20. The standard InChI is InChI=1S/C5H6ClOS/c6-2-1-4-3-8-5(4)7/h2,4H,1,3H2. The van der Waals surface area contributed by atoms with E-state index >= 15 is 0 Å². The fourth-order valence-corrected chi connectivity index (χ4v) is 1.53. The maximum atomic E-state index is 10.5. The number of hydrogen-bond donors (Lipinski definition) is 0. The van der Waals surface area contributed by atoms with Crippen LogP contribution in [0.25, 0.3) is 0 Å². The molecule has 1 aliphatic heterocycles. The van der Waals surface area contributed by atoms with Crippen LogP contribution in [0.4, 0.5) is 0 Å². The topological polar surface area (TPSA) is 17.1 Å². The average molecular weight is 150 g/mol. The third-order valence-corrected chi connectivity index (χ3v) is 2.50. The van der Waals surface area contributed by atoms with Crippen molar-refractivity contribution in [3.05, 3.63) is 5.88 Å². The van der Waals surface area contributed by atoms with Gasteiger partial charge in [-0.15, -0.1) is 11.6 Å². The summed E-state index contributed by atoms with van der Waals surface area (Å²) in [6.45, 7) is 0. The molecule has 1 fully saturated rings. The van der Waals surface area contributed by atoms with Gasteiger partial charge in [0.2, 0.25) is 0 Å². The zero-order chi connectivity index (χ0) is 5.98. The summed E-state index contributed by atoms with van der Waals surface area (Å²) in [4.78, 5) is 10.5. The summed E-state index contributed by atoms with van der Waals surface area (Å²) in [6.07, 6.45) is 0.743. The summed E-state index contributed by atoms with van der Waals surface area (Å²) >= 11 is 6.68. The van der Waals surface area contributed by atoms with E-state index in [0.717, 1.165) is 12.2 Å². The molecule has 1 unspecified atom stereocenters. The second-order valence-corrected chi connectivity index (χ2v) is 3.05. The fourth-order valence-electron chi connectivity index (χ4n) is 0.541. The van der Waals surface area contributed by atoms with Crippen LogP contribution in [0.3, 0.4) is 0 Å². The van der Waals surface area contributed by atoms with Gasteiger partial charge in [-0.25, -0.2) is 0 Å². The van der Waals surface area contributed by atoms with Crippen LogP contribution in [-0.2, 0) is 4.79 Å². The zero-order valence-electron chi connectivity index (χ0n) is 4.26. The van der Waals surface area contributed by atoms with Gasteiger partial charge in [0.1, 0.15) is 0 Å². The minimum Gasteiger partial charge on any atom is -0.287 e. The van der Waals surface area contributed by atoms with Crippen LogP contribution >= 0.6 is 23.4 Å². The molecule has 0 aliphatic carbocycles. The zero-order valence-corrected chi connectivity index (χ0v) is 5.84. The molecule has 3 heteroatoms. The first-order valence-electron chi connectivity index (χ1n) is 2.43. The average Bonchev–Trinajstić information content (AvgIpc) is 1.79. The first kappa shape index (κ1) is 6.43. The van der Waals surface area contributed by atoms with Gasteiger partial charge in [-0.05, 0) is 6.42 Å². The van der Waals surface area contributed by atoms with Crippen molar-refractivity contribution in [3.63, 3.8) is 0 Å². The number of carbonyl (C=O) groups excluding carboxylic acids is 1. The van der Waals surface area contributed by atoms with Gasteiger partial charge in [-0.3, -0.25) is 4.79 Å². The number of thioether (sulfide) groups is 1. The Morgan fingerprint density at radius 1 is 2.00 bits per heavy atom. The number of halogens is 1. The normalized spacial score (nSPS) is 27.6. The van der Waals surface area contributed by atoms with Crippen molar-refractivity contribution in [1.29, 1.82) is 0 Å². The maximum absolute atomic E-state index is 10.5. The second-order valence-electron chi connectivity index (χ2n) is 1.72. The van der Waals surface area contributed by atoms with E-state index in [-0.39, 0.29) is 5.92 Å². The molecule has 0 N–H and O–H groups in total. The summed E-state index contributed by atoms with van der Waals surface area (Å²) in [5.41, 5.74) is 0. The van der Waals surface area contributed by atoms with Crippen molar-refractivity contribution >= 4 is 28.5 Å². The van der Waals surface area contributed by atoms with Crippen molar-refractivity contribution < 1.29 is 4.79 Å². The predicted molar refractivity (Wildman–Crippen MR) is 35.7 cm³/mol. The Hall–Kier alpha value is 0.310. The van der Waals surface area contributed by atoms with Crippen LogP contribution in [0.5, 0.6) is 0 Å². The Morgan fingerprint density at radius 3 is 2.88 bits per heavy atom. The van der Waals surface area contributed by atoms with Crippen LogP contribution in [-0.4, -0.2) is 10.9 Å². The first-order chi connectivity index (χ1) is 3.84. The van der Waals surface area contributed by atoms with E-state index in [0.29, 0.717) is 5.12 Å². The largest absolute Gasteiger partial charge is 0.287 e. The Kier molecular flexibility index (Phi) is 2.20. The lowest BCUT2D eigenvalue weighted by molar-refractivity contribution is -0.115. The summed E-state index contributed by atoms with van der Waals surface area (Å²) in [5, 5.41) is 0.293. The minimum atomic E-state index is 0.234. The Labute approximate surface area is 57.8 Å². The van der Waals surface area contributed by atoms with Crippen LogP contribution in [0.2, 0.25) is 0 Å². The first-order valence-corrected chi connectivity index (χ1v) is 3.85. The molecule has 1 atom stereocenters. The lowest BCUT2D eigenvalue weighted by Crippen LogP contribution is -2.24. The van der Waals surface area contributed by atoms with E-state index in [9.17, 15) is 4.79 Å². The maximum Gasteiger partial charge on any atom is 0.192 e. The van der Waals surface area contributed by atoms with Crippen molar-refractivity contribution in [2.45, 2.75) is 6.42 Å². The minimum absolute atomic E-state index is 0.234. The van der Waals surface area contributed by atoms with Gasteiger partial charge in [-0.2, -0.15) is 0 Å². The molecule has 1 radical (unpaired) electrons. The fraction of sp³-hybridized carbons (Fsp3) is 0.600. The molecule has 0 aromatic rings. The lowest BCUT2D eigenvalue weighted by atomic mass is 10.1. The summed E-state index contributed by atoms with van der Waals surface area (Å²) in [5.74, 6) is 2.72. The molecule has 0 amide bonds. The van der Waals surface area contributed by atoms with Gasteiger partial charge in [0.25, 0.3) is 0 Å². The summed E-state index contributed by atoms with van der Waals surface area (Å²) < 4.78 is 0. The quantitative estimate of drug-likeness (QED) is 0.594. The van der Waals surface area contributed by atoms with E-state index in [1.165, 1.54) is 17.6 Å². The van der Waals surface area contributed by atoms with Crippen molar-refractivity contribution in [2.24, 2.45) is 5.92 Å². The second kappa shape index (κ2) is 2.74. The van der Waals surface area contributed by atoms with E-state index in [4.69, 9.17) is 11.6 Å². The van der Waals surface area contributed by atoms with Crippen molar-refractivity contribution in [2.75, 3.05) is 5.75 Å². The molecule has 0 saturated carbocycles. The smallest absolute Gasteiger partial charge is 0.192 e. The highest BCUT2D eigenvalue weighted by molar-refractivity contribution is 8.15. The Morgan fingerprint density at radius 2 is 2.75 bits per heavy atom. The molecule has 45 valence electrons. The van der Waals surface area contributed by atoms with E-state index in [2.05, 4.69) is 0 Å². The van der Waals surface area contributed by atoms with Crippen LogP contribution < -0.4 is 0 Å². The molecule has 0 spiro atoms. The molecular formula is C5H6ClOS. The van der Waals surface area contributed by atoms with Crippen LogP contribution in [0, 0.1) is 11.8 Å². The van der Waals surface area contributed by atoms with E-state index in [1.807, 2.05) is 0 Å². The highest BCUT2D eigenvalue weighted by Gasteiger charge is 2.27. The van der Waals surface area contributed by atoms with Crippen molar-refractivity contribution in [1.82, 2.24) is 0 Å². The number of rotatable bonds is 2. The number of hydrogen-bond acceptors (Lipinski definition) is 2. The summed E-state index contributed by atoms with van der Waals surface area (Å²) in [6, 6.07) is 0. The molecular weight excluding hydrogens is 144 g/mol. The summed E-state index contributed by atoms with van der Waals surface area (Å²) in [7, 11) is 0. The highest BCUT2D eigenvalue weighted by Crippen LogP contribution is 2.30. The predicted octanol–water partition coefficient (Wildman–Crippen LogP) is 1.67. The number of carbonyl (C=O) groups is 1. The molecule has 1 saturated heterocycles. The molecule has 1 nitrogen and oxygen atoms in total. The van der Waals surface area contributed by atoms with Gasteiger partial charge in [-0.1, -0.05) is 11.8 Å². The third kappa shape index (κ3) is 1.17. The highest BCUT2D eigenvalue weighted by atomic mass is 35.5.